The van der Waals surface area contributed by atoms with Gasteiger partial charge in [-0.3, -0.25) is 0 Å². The zero-order valence-corrected chi connectivity index (χ0v) is 21.8. The van der Waals surface area contributed by atoms with Crippen LogP contribution in [0.5, 0.6) is 0 Å². The number of hydrogen-bond acceptors (Lipinski definition) is 6. The first-order valence-corrected chi connectivity index (χ1v) is 13.3. The number of carbonyl (C=O) groups excluding carboxylic acids is 1. The Labute approximate surface area is 203 Å². The van der Waals surface area contributed by atoms with Gasteiger partial charge < -0.3 is 20.5 Å². The van der Waals surface area contributed by atoms with Crippen LogP contribution in [0.2, 0.25) is 0 Å². The lowest BCUT2D eigenvalue weighted by molar-refractivity contribution is 0.00993. The third kappa shape index (κ3) is 8.74. The van der Waals surface area contributed by atoms with Gasteiger partial charge in [0, 0.05) is 18.8 Å². The minimum atomic E-state index is -3.44. The Morgan fingerprint density at radius 2 is 1.71 bits per heavy atom. The van der Waals surface area contributed by atoms with Gasteiger partial charge in [-0.15, -0.1) is 0 Å². The van der Waals surface area contributed by atoms with E-state index in [-0.39, 0.29) is 23.9 Å². The summed E-state index contributed by atoms with van der Waals surface area (Å²) in [4.78, 5) is 14.6. The number of aliphatic hydroxyl groups is 1. The number of rotatable bonds is 9. The van der Waals surface area contributed by atoms with Crippen molar-refractivity contribution in [1.29, 1.82) is 0 Å². The van der Waals surface area contributed by atoms with Gasteiger partial charge in [0.2, 0.25) is 0 Å². The van der Waals surface area contributed by atoms with Gasteiger partial charge in [-0.1, -0.05) is 50.2 Å². The molecule has 0 fully saturated rings. The summed E-state index contributed by atoms with van der Waals surface area (Å²) in [7, 11) is -3.44. The smallest absolute Gasteiger partial charge is 0.410 e. The summed E-state index contributed by atoms with van der Waals surface area (Å²) in [6, 6.07) is 14.1. The second-order valence-electron chi connectivity index (χ2n) is 10.1. The molecular weight excluding hydrogens is 452 g/mol. The number of ether oxygens (including phenoxy) is 1. The van der Waals surface area contributed by atoms with Crippen molar-refractivity contribution in [2.24, 2.45) is 5.73 Å². The van der Waals surface area contributed by atoms with Crippen LogP contribution in [0.15, 0.2) is 53.4 Å². The lowest BCUT2D eigenvalue weighted by Gasteiger charge is -2.31. The molecule has 2 rings (SSSR count). The number of aliphatic hydroxyl groups excluding tert-OH is 1. The maximum absolute atomic E-state index is 13.0. The molecule has 3 N–H and O–H groups in total. The molecule has 2 atom stereocenters. The number of carbonyl (C=O) groups is 1. The SMILES string of the molecule is CC(C)c1cc(CN(C[C@@H](O)[C@@H](N)Cc2ccccc2)C(=O)OC(C)(C)C)cc(S(C)(=O)=O)c1. The van der Waals surface area contributed by atoms with E-state index in [1.807, 2.05) is 50.2 Å². The van der Waals surface area contributed by atoms with Crippen LogP contribution in [0, 0.1) is 0 Å². The van der Waals surface area contributed by atoms with Crippen molar-refractivity contribution in [3.05, 3.63) is 65.2 Å². The molecule has 0 saturated heterocycles. The van der Waals surface area contributed by atoms with E-state index in [0.29, 0.717) is 12.0 Å². The van der Waals surface area contributed by atoms with E-state index in [1.54, 1.807) is 32.9 Å². The van der Waals surface area contributed by atoms with Gasteiger partial charge in [0.15, 0.2) is 9.84 Å². The predicted octanol–water partition coefficient (Wildman–Crippen LogP) is 3.88. The van der Waals surface area contributed by atoms with Crippen LogP contribution in [-0.4, -0.2) is 55.1 Å². The highest BCUT2D eigenvalue weighted by Gasteiger charge is 2.27. The van der Waals surface area contributed by atoms with Crippen LogP contribution in [0.1, 0.15) is 57.2 Å². The Balaban J connectivity index is 2.32. The molecule has 2 aromatic carbocycles. The summed E-state index contributed by atoms with van der Waals surface area (Å²) >= 11 is 0. The monoisotopic (exact) mass is 490 g/mol. The largest absolute Gasteiger partial charge is 0.444 e. The zero-order valence-electron chi connectivity index (χ0n) is 21.0. The van der Waals surface area contributed by atoms with Crippen molar-refractivity contribution in [3.8, 4) is 0 Å². The quantitative estimate of drug-likeness (QED) is 0.552. The van der Waals surface area contributed by atoms with Gasteiger partial charge in [0.25, 0.3) is 0 Å². The summed E-state index contributed by atoms with van der Waals surface area (Å²) in [5, 5.41) is 10.8. The average molecular weight is 491 g/mol. The summed E-state index contributed by atoms with van der Waals surface area (Å²) in [5.74, 6) is 0.0975. The Hall–Kier alpha value is -2.42. The van der Waals surface area contributed by atoms with Crippen LogP contribution in [-0.2, 0) is 27.5 Å². The number of amides is 1. The van der Waals surface area contributed by atoms with Crippen LogP contribution < -0.4 is 5.73 Å². The van der Waals surface area contributed by atoms with Gasteiger partial charge in [-0.05, 0) is 61.9 Å². The van der Waals surface area contributed by atoms with Crippen molar-refractivity contribution in [3.63, 3.8) is 0 Å². The normalized spacial score (nSPS) is 14.0. The van der Waals surface area contributed by atoms with E-state index in [0.717, 1.165) is 17.4 Å². The number of hydrogen-bond donors (Lipinski definition) is 2. The van der Waals surface area contributed by atoms with Crippen molar-refractivity contribution in [1.82, 2.24) is 4.90 Å². The summed E-state index contributed by atoms with van der Waals surface area (Å²) in [6.45, 7) is 9.27. The Bertz CT molecular complexity index is 1060. The van der Waals surface area contributed by atoms with E-state index < -0.39 is 33.7 Å². The fourth-order valence-corrected chi connectivity index (χ4v) is 4.17. The molecular formula is C26H38N2O5S. The molecule has 34 heavy (non-hydrogen) atoms. The second kappa shape index (κ2) is 11.3. The maximum Gasteiger partial charge on any atom is 0.410 e. The van der Waals surface area contributed by atoms with E-state index in [2.05, 4.69) is 0 Å². The minimum absolute atomic E-state index is 0.0526. The van der Waals surface area contributed by atoms with Gasteiger partial charge >= 0.3 is 6.09 Å². The van der Waals surface area contributed by atoms with E-state index in [1.165, 1.54) is 4.90 Å². The maximum atomic E-state index is 13.0. The summed E-state index contributed by atoms with van der Waals surface area (Å²) in [6.07, 6.45) is 0.00379. The molecule has 2 aromatic rings. The fourth-order valence-electron chi connectivity index (χ4n) is 3.46. The van der Waals surface area contributed by atoms with Crippen LogP contribution in [0.25, 0.3) is 0 Å². The average Bonchev–Trinajstić information content (AvgIpc) is 2.71. The molecule has 0 saturated carbocycles. The third-order valence-corrected chi connectivity index (χ3v) is 6.42. The second-order valence-corrected chi connectivity index (χ2v) is 12.1. The van der Waals surface area contributed by atoms with Gasteiger partial charge in [-0.25, -0.2) is 13.2 Å². The standard InChI is InChI=1S/C26H38N2O5S/c1-18(2)21-12-20(13-22(15-21)34(6,31)32)16-28(25(30)33-26(3,4)5)17-24(29)23(27)14-19-10-8-7-9-11-19/h7-13,15,18,23-24,29H,14,16-17,27H2,1-6H3/t23-,24+/m0/s1. The molecule has 188 valence electrons. The molecule has 0 radical (unpaired) electrons. The number of nitrogens with two attached hydrogens (primary N) is 1. The summed E-state index contributed by atoms with van der Waals surface area (Å²) < 4.78 is 30.1. The molecule has 0 spiro atoms. The van der Waals surface area contributed by atoms with E-state index >= 15 is 0 Å². The van der Waals surface area contributed by atoms with E-state index in [9.17, 15) is 18.3 Å². The van der Waals surface area contributed by atoms with Crippen LogP contribution >= 0.6 is 0 Å². The Kier molecular flexibility index (Phi) is 9.28. The number of benzene rings is 2. The van der Waals surface area contributed by atoms with Gasteiger partial charge in [0.1, 0.15) is 5.60 Å². The predicted molar refractivity (Wildman–Crippen MR) is 134 cm³/mol. The first-order chi connectivity index (χ1) is 15.7. The lowest BCUT2D eigenvalue weighted by atomic mass is 10.00. The molecule has 0 unspecified atom stereocenters. The number of sulfone groups is 1. The fraction of sp³-hybridized carbons (Fsp3) is 0.500. The molecule has 0 bridgehead atoms. The molecule has 0 aliphatic carbocycles. The van der Waals surface area contributed by atoms with Crippen molar-refractivity contribution < 1.29 is 23.1 Å². The highest BCUT2D eigenvalue weighted by molar-refractivity contribution is 7.90. The molecule has 0 aliphatic rings. The topological polar surface area (TPSA) is 110 Å². The summed E-state index contributed by atoms with van der Waals surface area (Å²) in [5.41, 5.74) is 8.00. The van der Waals surface area contributed by atoms with Crippen molar-refractivity contribution >= 4 is 15.9 Å². The highest BCUT2D eigenvalue weighted by atomic mass is 32.2. The molecule has 1 amide bonds. The van der Waals surface area contributed by atoms with Crippen molar-refractivity contribution in [2.45, 2.75) is 76.1 Å². The lowest BCUT2D eigenvalue weighted by Crippen LogP contribution is -2.47. The molecule has 8 heteroatoms. The van der Waals surface area contributed by atoms with Gasteiger partial charge in [0.05, 0.1) is 17.5 Å². The first kappa shape index (κ1) is 27.8. The molecule has 0 aliphatic heterocycles. The Morgan fingerprint density at radius 1 is 1.09 bits per heavy atom. The highest BCUT2D eigenvalue weighted by Crippen LogP contribution is 2.23. The molecule has 0 heterocycles. The number of nitrogens with zero attached hydrogens (tertiary/aromatic N) is 1. The third-order valence-electron chi connectivity index (χ3n) is 5.32. The first-order valence-electron chi connectivity index (χ1n) is 11.4. The van der Waals surface area contributed by atoms with Gasteiger partial charge in [-0.2, -0.15) is 0 Å². The molecule has 0 aromatic heterocycles. The zero-order chi connectivity index (χ0) is 25.7. The van der Waals surface area contributed by atoms with Crippen LogP contribution in [0.4, 0.5) is 4.79 Å². The Morgan fingerprint density at radius 3 is 2.24 bits per heavy atom. The van der Waals surface area contributed by atoms with Crippen molar-refractivity contribution in [2.75, 3.05) is 12.8 Å². The van der Waals surface area contributed by atoms with Crippen LogP contribution in [0.3, 0.4) is 0 Å². The van der Waals surface area contributed by atoms with E-state index in [4.69, 9.17) is 10.5 Å². The minimum Gasteiger partial charge on any atom is -0.444 e. The molecule has 7 nitrogen and oxygen atoms in total.